The smallest absolute Gasteiger partial charge is 0.311 e. The number of carbonyl (C=O) groups excluding carboxylic acids is 1. The summed E-state index contributed by atoms with van der Waals surface area (Å²) in [6.07, 6.45) is 2.26. The van der Waals surface area contributed by atoms with Crippen LogP contribution in [0.25, 0.3) is 0 Å². The van der Waals surface area contributed by atoms with Crippen LogP contribution in [0.15, 0.2) is 24.3 Å². The third-order valence-electron chi connectivity index (χ3n) is 3.71. The Balaban J connectivity index is 2.14. The fourth-order valence-electron chi connectivity index (χ4n) is 2.41. The minimum atomic E-state index is -0.775. The average Bonchev–Trinajstić information content (AvgIpc) is 3.24. The zero-order chi connectivity index (χ0) is 13.8. The van der Waals surface area contributed by atoms with Gasteiger partial charge >= 0.3 is 5.97 Å². The second kappa shape index (κ2) is 6.20. The fourth-order valence-corrected chi connectivity index (χ4v) is 2.41. The lowest BCUT2D eigenvalue weighted by atomic mass is 9.92. The summed E-state index contributed by atoms with van der Waals surface area (Å²) in [7, 11) is 0. The molecule has 1 aromatic rings. The van der Waals surface area contributed by atoms with Crippen molar-refractivity contribution in [2.75, 3.05) is 6.61 Å². The van der Waals surface area contributed by atoms with Crippen LogP contribution in [0.5, 0.6) is 0 Å². The van der Waals surface area contributed by atoms with E-state index in [1.807, 2.05) is 25.1 Å². The van der Waals surface area contributed by atoms with Crippen molar-refractivity contribution in [2.45, 2.75) is 45.1 Å². The van der Waals surface area contributed by atoms with Crippen molar-refractivity contribution in [3.05, 3.63) is 35.4 Å². The molecule has 3 heteroatoms. The molecule has 2 atom stereocenters. The molecule has 1 aromatic carbocycles. The molecule has 0 radical (unpaired) electrons. The Bertz CT molecular complexity index is 437. The average molecular weight is 262 g/mol. The van der Waals surface area contributed by atoms with Gasteiger partial charge in [0.25, 0.3) is 0 Å². The number of esters is 1. The summed E-state index contributed by atoms with van der Waals surface area (Å²) in [6, 6.07) is 7.98. The van der Waals surface area contributed by atoms with Crippen LogP contribution in [0.3, 0.4) is 0 Å². The molecular formula is C16H22O3. The molecule has 1 fully saturated rings. The minimum absolute atomic E-state index is 0.311. The first-order valence-corrected chi connectivity index (χ1v) is 7.11. The maximum atomic E-state index is 11.8. The van der Waals surface area contributed by atoms with Gasteiger partial charge in [-0.2, -0.15) is 0 Å². The normalized spacial score (nSPS) is 17.8. The molecule has 1 N–H and O–H groups in total. The van der Waals surface area contributed by atoms with Gasteiger partial charge in [-0.05, 0) is 43.2 Å². The maximum absolute atomic E-state index is 11.8. The molecule has 1 saturated carbocycles. The molecule has 0 amide bonds. The fraction of sp³-hybridized carbons (Fsp3) is 0.562. The molecule has 2 rings (SSSR count). The molecule has 0 aromatic heterocycles. The van der Waals surface area contributed by atoms with Crippen LogP contribution >= 0.6 is 0 Å². The van der Waals surface area contributed by atoms with Crippen molar-refractivity contribution >= 4 is 5.97 Å². The van der Waals surface area contributed by atoms with E-state index in [0.29, 0.717) is 18.9 Å². The lowest BCUT2D eigenvalue weighted by molar-refractivity contribution is -0.152. The quantitative estimate of drug-likeness (QED) is 0.801. The van der Waals surface area contributed by atoms with Crippen LogP contribution in [0.1, 0.15) is 56.3 Å². The van der Waals surface area contributed by atoms with E-state index in [4.69, 9.17) is 4.74 Å². The maximum Gasteiger partial charge on any atom is 0.311 e. The second-order valence-electron chi connectivity index (χ2n) is 5.16. The first-order chi connectivity index (χ1) is 9.17. The highest BCUT2D eigenvalue weighted by Gasteiger charge is 2.29. The molecule has 0 aliphatic heterocycles. The third kappa shape index (κ3) is 3.35. The molecule has 1 aliphatic rings. The highest BCUT2D eigenvalue weighted by molar-refractivity contribution is 5.73. The van der Waals surface area contributed by atoms with Crippen molar-refractivity contribution in [1.82, 2.24) is 0 Å². The number of ether oxygens (including phenoxy) is 1. The zero-order valence-electron chi connectivity index (χ0n) is 11.6. The molecule has 0 spiro atoms. The van der Waals surface area contributed by atoms with Crippen LogP contribution in [0.2, 0.25) is 0 Å². The van der Waals surface area contributed by atoms with E-state index in [1.54, 1.807) is 6.92 Å². The standard InChI is InChI=1S/C16H22O3/c1-3-14(16(18)19-4-2)15(17)13-7-5-6-12(10-13)11-8-9-11/h5-7,10-11,14-15,17H,3-4,8-9H2,1-2H3. The van der Waals surface area contributed by atoms with Crippen LogP contribution in [-0.4, -0.2) is 17.7 Å². The Morgan fingerprint density at radius 3 is 2.74 bits per heavy atom. The third-order valence-corrected chi connectivity index (χ3v) is 3.71. The second-order valence-corrected chi connectivity index (χ2v) is 5.16. The van der Waals surface area contributed by atoms with Gasteiger partial charge < -0.3 is 9.84 Å². The number of hydrogen-bond acceptors (Lipinski definition) is 3. The highest BCUT2D eigenvalue weighted by Crippen LogP contribution is 2.41. The summed E-state index contributed by atoms with van der Waals surface area (Å²) < 4.78 is 5.03. The summed E-state index contributed by atoms with van der Waals surface area (Å²) in [4.78, 5) is 11.8. The van der Waals surface area contributed by atoms with Gasteiger partial charge in [-0.1, -0.05) is 31.2 Å². The number of hydrogen-bond donors (Lipinski definition) is 1. The first-order valence-electron chi connectivity index (χ1n) is 7.11. The van der Waals surface area contributed by atoms with Crippen molar-refractivity contribution < 1.29 is 14.6 Å². The molecule has 0 saturated heterocycles. The minimum Gasteiger partial charge on any atom is -0.466 e. The lowest BCUT2D eigenvalue weighted by Crippen LogP contribution is -2.24. The number of aliphatic hydroxyl groups is 1. The van der Waals surface area contributed by atoms with Crippen molar-refractivity contribution in [3.63, 3.8) is 0 Å². The van der Waals surface area contributed by atoms with Gasteiger partial charge in [0.15, 0.2) is 0 Å². The summed E-state index contributed by atoms with van der Waals surface area (Å²) in [5, 5.41) is 10.4. The van der Waals surface area contributed by atoms with Crippen LogP contribution in [0.4, 0.5) is 0 Å². The Kier molecular flexibility index (Phi) is 4.59. The summed E-state index contributed by atoms with van der Waals surface area (Å²) in [5.74, 6) is -0.140. The van der Waals surface area contributed by atoms with E-state index in [9.17, 15) is 9.90 Å². The van der Waals surface area contributed by atoms with Crippen molar-refractivity contribution in [3.8, 4) is 0 Å². The lowest BCUT2D eigenvalue weighted by Gasteiger charge is -2.20. The molecule has 0 heterocycles. The van der Waals surface area contributed by atoms with Crippen LogP contribution in [-0.2, 0) is 9.53 Å². The highest BCUT2D eigenvalue weighted by atomic mass is 16.5. The van der Waals surface area contributed by atoms with E-state index in [2.05, 4.69) is 6.07 Å². The van der Waals surface area contributed by atoms with Gasteiger partial charge in [0.05, 0.1) is 18.6 Å². The Labute approximate surface area is 114 Å². The molecule has 19 heavy (non-hydrogen) atoms. The van der Waals surface area contributed by atoms with Crippen LogP contribution < -0.4 is 0 Å². The van der Waals surface area contributed by atoms with Crippen LogP contribution in [0, 0.1) is 5.92 Å². The molecular weight excluding hydrogens is 240 g/mol. The molecule has 1 aliphatic carbocycles. The van der Waals surface area contributed by atoms with E-state index < -0.39 is 12.0 Å². The largest absolute Gasteiger partial charge is 0.466 e. The number of aliphatic hydroxyl groups excluding tert-OH is 1. The SMILES string of the molecule is CCOC(=O)C(CC)C(O)c1cccc(C2CC2)c1. The predicted octanol–water partition coefficient (Wildman–Crippen LogP) is 3.19. The van der Waals surface area contributed by atoms with Gasteiger partial charge in [0.2, 0.25) is 0 Å². The summed E-state index contributed by atoms with van der Waals surface area (Å²) >= 11 is 0. The van der Waals surface area contributed by atoms with Gasteiger partial charge in [-0.3, -0.25) is 4.79 Å². The van der Waals surface area contributed by atoms with Crippen molar-refractivity contribution in [2.24, 2.45) is 5.92 Å². The number of benzene rings is 1. The van der Waals surface area contributed by atoms with E-state index in [1.165, 1.54) is 18.4 Å². The summed E-state index contributed by atoms with van der Waals surface area (Å²) in [6.45, 7) is 4.03. The Morgan fingerprint density at radius 1 is 1.42 bits per heavy atom. The topological polar surface area (TPSA) is 46.5 Å². The van der Waals surface area contributed by atoms with Crippen molar-refractivity contribution in [1.29, 1.82) is 0 Å². The van der Waals surface area contributed by atoms with Gasteiger partial charge in [-0.25, -0.2) is 0 Å². The number of rotatable bonds is 6. The van der Waals surface area contributed by atoms with E-state index in [-0.39, 0.29) is 5.97 Å². The molecule has 0 bridgehead atoms. The van der Waals surface area contributed by atoms with E-state index in [0.717, 1.165) is 5.56 Å². The zero-order valence-corrected chi connectivity index (χ0v) is 11.6. The summed E-state index contributed by atoms with van der Waals surface area (Å²) in [5.41, 5.74) is 2.10. The first kappa shape index (κ1) is 14.1. The van der Waals surface area contributed by atoms with E-state index >= 15 is 0 Å². The Morgan fingerprint density at radius 2 is 2.16 bits per heavy atom. The van der Waals surface area contributed by atoms with Gasteiger partial charge in [0, 0.05) is 0 Å². The molecule has 3 nitrogen and oxygen atoms in total. The molecule has 2 unspecified atom stereocenters. The monoisotopic (exact) mass is 262 g/mol. The molecule has 104 valence electrons. The Hall–Kier alpha value is -1.35. The predicted molar refractivity (Wildman–Crippen MR) is 73.8 cm³/mol. The van der Waals surface area contributed by atoms with Gasteiger partial charge in [0.1, 0.15) is 0 Å². The number of carbonyl (C=O) groups is 1. The van der Waals surface area contributed by atoms with Gasteiger partial charge in [-0.15, -0.1) is 0 Å².